The number of rotatable bonds is 3. The zero-order valence-corrected chi connectivity index (χ0v) is 11.5. The number of carbonyl (C=O) groups excluding carboxylic acids is 1. The average Bonchev–Trinajstić information content (AvgIpc) is 2.71. The second-order valence-electron chi connectivity index (χ2n) is 4.56. The fraction of sp³-hybridized carbons (Fsp3) is 0.286. The van der Waals surface area contributed by atoms with E-state index in [1.54, 1.807) is 18.4 Å². The Morgan fingerprint density at radius 2 is 1.86 bits per heavy atom. The fourth-order valence-electron chi connectivity index (χ4n) is 2.08. The number of carbonyl (C=O) groups is 1. The minimum atomic E-state index is -4.44. The number of aromatic nitrogens is 2. The van der Waals surface area contributed by atoms with Crippen molar-refractivity contribution in [3.8, 4) is 5.69 Å². The van der Waals surface area contributed by atoms with Crippen molar-refractivity contribution in [2.45, 2.75) is 20.0 Å². The summed E-state index contributed by atoms with van der Waals surface area (Å²) in [6, 6.07) is 9.18. The van der Waals surface area contributed by atoms with E-state index < -0.39 is 18.6 Å². The highest BCUT2D eigenvalue weighted by atomic mass is 19.4. The summed E-state index contributed by atoms with van der Waals surface area (Å²) in [6.45, 7) is 1.97. The number of benzene rings is 1. The predicted octanol–water partition coefficient (Wildman–Crippen LogP) is 2.78. The minimum Gasteiger partial charge on any atom is -0.342 e. The molecule has 0 aliphatic carbocycles. The number of hydrogen-bond acceptors (Lipinski definition) is 2. The molecule has 1 aromatic heterocycles. The first-order chi connectivity index (χ1) is 9.79. The number of alkyl halides is 3. The van der Waals surface area contributed by atoms with Crippen LogP contribution >= 0.6 is 0 Å². The highest BCUT2D eigenvalue weighted by molar-refractivity contribution is 5.93. The van der Waals surface area contributed by atoms with Gasteiger partial charge in [0.15, 0.2) is 0 Å². The van der Waals surface area contributed by atoms with Gasteiger partial charge in [-0.3, -0.25) is 4.79 Å². The normalized spacial score (nSPS) is 11.5. The Kier molecular flexibility index (Phi) is 4.02. The molecule has 0 unspecified atom stereocenters. The third kappa shape index (κ3) is 3.42. The summed E-state index contributed by atoms with van der Waals surface area (Å²) in [5.41, 5.74) is 1.30. The molecule has 0 bridgehead atoms. The molecule has 0 aliphatic rings. The number of nitrogens with one attached hydrogen (secondary N) is 1. The molecule has 21 heavy (non-hydrogen) atoms. The topological polar surface area (TPSA) is 46.9 Å². The Bertz CT molecular complexity index is 647. The van der Waals surface area contributed by atoms with Gasteiger partial charge in [-0.2, -0.15) is 13.2 Å². The van der Waals surface area contributed by atoms with Gasteiger partial charge in [-0.1, -0.05) is 18.2 Å². The molecule has 2 aromatic rings. The molecule has 0 radical (unpaired) electrons. The van der Waals surface area contributed by atoms with Crippen LogP contribution in [0, 0.1) is 13.8 Å². The number of imidazole rings is 1. The lowest BCUT2D eigenvalue weighted by Crippen LogP contribution is -2.34. The minimum absolute atomic E-state index is 0.000558. The predicted molar refractivity (Wildman–Crippen MR) is 71.4 cm³/mol. The number of aryl methyl sites for hydroxylation is 1. The van der Waals surface area contributed by atoms with Gasteiger partial charge in [-0.05, 0) is 26.0 Å². The summed E-state index contributed by atoms with van der Waals surface area (Å²) in [7, 11) is 0. The Morgan fingerprint density at radius 1 is 1.24 bits per heavy atom. The van der Waals surface area contributed by atoms with E-state index in [1.807, 2.05) is 35.6 Å². The quantitative estimate of drug-likeness (QED) is 0.947. The van der Waals surface area contributed by atoms with Gasteiger partial charge in [0, 0.05) is 5.69 Å². The van der Waals surface area contributed by atoms with E-state index in [1.165, 1.54) is 0 Å². The first kappa shape index (κ1) is 15.1. The zero-order valence-electron chi connectivity index (χ0n) is 11.5. The number of halogens is 3. The van der Waals surface area contributed by atoms with Crippen molar-refractivity contribution < 1.29 is 18.0 Å². The van der Waals surface area contributed by atoms with Gasteiger partial charge in [0.1, 0.15) is 18.1 Å². The molecule has 0 spiro atoms. The van der Waals surface area contributed by atoms with Crippen molar-refractivity contribution in [2.75, 3.05) is 6.54 Å². The highest BCUT2D eigenvalue weighted by Crippen LogP contribution is 2.18. The number of para-hydroxylation sites is 1. The molecule has 0 atom stereocenters. The highest BCUT2D eigenvalue weighted by Gasteiger charge is 2.29. The third-order valence-corrected chi connectivity index (χ3v) is 2.95. The van der Waals surface area contributed by atoms with Crippen molar-refractivity contribution in [1.82, 2.24) is 14.9 Å². The van der Waals surface area contributed by atoms with Gasteiger partial charge < -0.3 is 9.88 Å². The first-order valence-electron chi connectivity index (χ1n) is 6.26. The smallest absolute Gasteiger partial charge is 0.342 e. The van der Waals surface area contributed by atoms with Crippen LogP contribution in [-0.4, -0.2) is 28.2 Å². The van der Waals surface area contributed by atoms with E-state index in [0.29, 0.717) is 11.5 Å². The summed E-state index contributed by atoms with van der Waals surface area (Å²) in [5, 5.41) is 1.83. The van der Waals surface area contributed by atoms with Crippen LogP contribution in [0.2, 0.25) is 0 Å². The second kappa shape index (κ2) is 5.59. The van der Waals surface area contributed by atoms with Crippen molar-refractivity contribution >= 4 is 5.91 Å². The Labute approximate surface area is 119 Å². The van der Waals surface area contributed by atoms with Crippen LogP contribution in [0.4, 0.5) is 13.2 Å². The first-order valence-corrected chi connectivity index (χ1v) is 6.26. The molecule has 0 fully saturated rings. The van der Waals surface area contributed by atoms with Crippen LogP contribution in [0.3, 0.4) is 0 Å². The fourth-order valence-corrected chi connectivity index (χ4v) is 2.08. The van der Waals surface area contributed by atoms with E-state index in [0.717, 1.165) is 5.69 Å². The molecule has 0 saturated carbocycles. The Balaban J connectivity index is 2.29. The Hall–Kier alpha value is -2.31. The summed E-state index contributed by atoms with van der Waals surface area (Å²) >= 11 is 0. The van der Waals surface area contributed by atoms with Gasteiger partial charge in [-0.25, -0.2) is 4.98 Å². The van der Waals surface area contributed by atoms with E-state index in [9.17, 15) is 18.0 Å². The summed E-state index contributed by atoms with van der Waals surface area (Å²) in [6.07, 6.45) is -4.44. The molecule has 0 aliphatic heterocycles. The lowest BCUT2D eigenvalue weighted by atomic mass is 10.2. The van der Waals surface area contributed by atoms with E-state index >= 15 is 0 Å². The molecular weight excluding hydrogens is 283 g/mol. The summed E-state index contributed by atoms with van der Waals surface area (Å²) in [4.78, 5) is 15.9. The van der Waals surface area contributed by atoms with Gasteiger partial charge in [0.05, 0.1) is 5.69 Å². The summed E-state index contributed by atoms with van der Waals surface area (Å²) in [5.74, 6) is -0.293. The molecule has 7 heteroatoms. The maximum absolute atomic E-state index is 12.1. The molecule has 1 heterocycles. The SMILES string of the molecule is Cc1nc(C(=O)NCC(F)(F)F)c(C)n1-c1ccccc1. The standard InChI is InChI=1S/C14H14F3N3O/c1-9-12(13(21)18-8-14(15,16)17)19-10(2)20(9)11-6-4-3-5-7-11/h3-7H,8H2,1-2H3,(H,18,21). The van der Waals surface area contributed by atoms with Crippen molar-refractivity contribution in [1.29, 1.82) is 0 Å². The number of amides is 1. The number of nitrogens with zero attached hydrogens (tertiary/aromatic N) is 2. The third-order valence-electron chi connectivity index (χ3n) is 2.95. The van der Waals surface area contributed by atoms with Crippen molar-refractivity contribution in [3.63, 3.8) is 0 Å². The monoisotopic (exact) mass is 297 g/mol. The van der Waals surface area contributed by atoms with Crippen LogP contribution in [0.1, 0.15) is 22.0 Å². The van der Waals surface area contributed by atoms with Gasteiger partial charge in [0.2, 0.25) is 0 Å². The Morgan fingerprint density at radius 3 is 2.43 bits per heavy atom. The maximum atomic E-state index is 12.1. The second-order valence-corrected chi connectivity index (χ2v) is 4.56. The molecule has 1 N–H and O–H groups in total. The average molecular weight is 297 g/mol. The van der Waals surface area contributed by atoms with E-state index in [-0.39, 0.29) is 5.69 Å². The molecule has 1 aromatic carbocycles. The van der Waals surface area contributed by atoms with E-state index in [2.05, 4.69) is 4.98 Å². The van der Waals surface area contributed by atoms with Crippen LogP contribution in [-0.2, 0) is 0 Å². The molecule has 1 amide bonds. The van der Waals surface area contributed by atoms with E-state index in [4.69, 9.17) is 0 Å². The lowest BCUT2D eigenvalue weighted by molar-refractivity contribution is -0.123. The maximum Gasteiger partial charge on any atom is 0.405 e. The van der Waals surface area contributed by atoms with Crippen molar-refractivity contribution in [2.24, 2.45) is 0 Å². The van der Waals surface area contributed by atoms with Crippen LogP contribution in [0.15, 0.2) is 30.3 Å². The van der Waals surface area contributed by atoms with Crippen molar-refractivity contribution in [3.05, 3.63) is 47.5 Å². The molecule has 4 nitrogen and oxygen atoms in total. The zero-order chi connectivity index (χ0) is 15.6. The molecule has 2 rings (SSSR count). The van der Waals surface area contributed by atoms with Gasteiger partial charge in [0.25, 0.3) is 5.91 Å². The van der Waals surface area contributed by atoms with Crippen LogP contribution in [0.25, 0.3) is 5.69 Å². The largest absolute Gasteiger partial charge is 0.405 e. The molecule has 0 saturated heterocycles. The van der Waals surface area contributed by atoms with Crippen LogP contribution in [0.5, 0.6) is 0 Å². The lowest BCUT2D eigenvalue weighted by Gasteiger charge is -2.09. The number of hydrogen-bond donors (Lipinski definition) is 1. The summed E-state index contributed by atoms with van der Waals surface area (Å²) < 4.78 is 38.1. The molecule has 112 valence electrons. The van der Waals surface area contributed by atoms with Crippen LogP contribution < -0.4 is 5.32 Å². The van der Waals surface area contributed by atoms with Gasteiger partial charge in [-0.15, -0.1) is 0 Å². The van der Waals surface area contributed by atoms with Gasteiger partial charge >= 0.3 is 6.18 Å². The molecular formula is C14H14F3N3O.